The molecule has 28 heavy (non-hydrogen) atoms. The Labute approximate surface area is 164 Å². The van der Waals surface area contributed by atoms with Gasteiger partial charge in [0, 0.05) is 13.2 Å². The van der Waals surface area contributed by atoms with Crippen molar-refractivity contribution in [2.24, 2.45) is 7.05 Å². The maximum absolute atomic E-state index is 12.8. The molecule has 0 aliphatic carbocycles. The third kappa shape index (κ3) is 3.61. The molecule has 146 valence electrons. The van der Waals surface area contributed by atoms with Gasteiger partial charge in [0.25, 0.3) is 5.91 Å². The molecular formula is C19H19N3O5S. The third-order valence-electron chi connectivity index (χ3n) is 4.12. The van der Waals surface area contributed by atoms with Gasteiger partial charge in [-0.15, -0.1) is 0 Å². The second-order valence-corrected chi connectivity index (χ2v) is 6.97. The number of nitrogens with one attached hydrogen (secondary N) is 1. The molecule has 0 saturated carbocycles. The van der Waals surface area contributed by atoms with Gasteiger partial charge in [-0.3, -0.25) is 14.9 Å². The van der Waals surface area contributed by atoms with E-state index in [2.05, 4.69) is 10.3 Å². The van der Waals surface area contributed by atoms with Crippen LogP contribution in [-0.4, -0.2) is 35.1 Å². The third-order valence-corrected chi connectivity index (χ3v) is 5.17. The van der Waals surface area contributed by atoms with Crippen LogP contribution in [0.1, 0.15) is 32.6 Å². The lowest BCUT2D eigenvalue weighted by Gasteiger charge is -2.10. The first-order chi connectivity index (χ1) is 13.3. The van der Waals surface area contributed by atoms with Gasteiger partial charge in [-0.05, 0) is 32.0 Å². The molecule has 0 spiro atoms. The lowest BCUT2D eigenvalue weighted by Crippen LogP contribution is -2.23. The summed E-state index contributed by atoms with van der Waals surface area (Å²) in [5.41, 5.74) is 0.684. The number of fused-ring (bicyclic) bond motifs is 1. The van der Waals surface area contributed by atoms with Gasteiger partial charge in [0.05, 0.1) is 30.3 Å². The van der Waals surface area contributed by atoms with Gasteiger partial charge in [0.15, 0.2) is 5.13 Å². The van der Waals surface area contributed by atoms with E-state index in [0.717, 1.165) is 11.3 Å². The van der Waals surface area contributed by atoms with Gasteiger partial charge >= 0.3 is 5.97 Å². The molecule has 2 heterocycles. The zero-order chi connectivity index (χ0) is 20.4. The van der Waals surface area contributed by atoms with Crippen molar-refractivity contribution < 1.29 is 19.1 Å². The van der Waals surface area contributed by atoms with E-state index in [1.807, 2.05) is 0 Å². The first-order valence-electron chi connectivity index (χ1n) is 8.49. The van der Waals surface area contributed by atoms with Crippen molar-refractivity contribution in [1.29, 1.82) is 0 Å². The number of esters is 1. The molecule has 0 unspecified atom stereocenters. The van der Waals surface area contributed by atoms with Crippen LogP contribution < -0.4 is 15.5 Å². The number of pyridine rings is 1. The largest absolute Gasteiger partial charge is 0.497 e. The van der Waals surface area contributed by atoms with Crippen molar-refractivity contribution in [2.45, 2.75) is 13.8 Å². The molecule has 0 fully saturated rings. The van der Waals surface area contributed by atoms with E-state index in [1.54, 1.807) is 43.7 Å². The predicted octanol–water partition coefficient (Wildman–Crippen LogP) is 2.74. The van der Waals surface area contributed by atoms with E-state index in [1.165, 1.54) is 13.3 Å². The normalized spacial score (nSPS) is 10.7. The van der Waals surface area contributed by atoms with Crippen LogP contribution in [0.4, 0.5) is 5.13 Å². The Morgan fingerprint density at radius 3 is 2.75 bits per heavy atom. The molecule has 0 radical (unpaired) electrons. The molecule has 0 saturated heterocycles. The Morgan fingerprint density at radius 2 is 2.07 bits per heavy atom. The first kappa shape index (κ1) is 19.6. The average molecular weight is 401 g/mol. The number of hydrogen-bond donors (Lipinski definition) is 1. The molecule has 1 aromatic carbocycles. The van der Waals surface area contributed by atoms with Crippen LogP contribution in [0.2, 0.25) is 0 Å². The highest BCUT2D eigenvalue weighted by atomic mass is 32.1. The fraction of sp³-hybridized carbons (Fsp3) is 0.263. The van der Waals surface area contributed by atoms with E-state index < -0.39 is 17.3 Å². The Morgan fingerprint density at radius 1 is 1.32 bits per heavy atom. The van der Waals surface area contributed by atoms with Crippen LogP contribution in [0.3, 0.4) is 0 Å². The van der Waals surface area contributed by atoms with E-state index >= 15 is 0 Å². The van der Waals surface area contributed by atoms with Crippen LogP contribution in [0, 0.1) is 6.92 Å². The van der Waals surface area contributed by atoms with Gasteiger partial charge < -0.3 is 14.0 Å². The summed E-state index contributed by atoms with van der Waals surface area (Å²) >= 11 is 1.00. The van der Waals surface area contributed by atoms with Crippen molar-refractivity contribution in [3.8, 4) is 5.75 Å². The van der Waals surface area contributed by atoms with Crippen molar-refractivity contribution in [3.05, 3.63) is 50.8 Å². The van der Waals surface area contributed by atoms with Gasteiger partial charge in [-0.25, -0.2) is 9.78 Å². The molecule has 9 heteroatoms. The zero-order valence-electron chi connectivity index (χ0n) is 15.9. The summed E-state index contributed by atoms with van der Waals surface area (Å²) in [7, 11) is 3.26. The lowest BCUT2D eigenvalue weighted by molar-refractivity contribution is 0.0531. The minimum absolute atomic E-state index is 0.0335. The Balaban J connectivity index is 1.96. The number of rotatable bonds is 5. The highest BCUT2D eigenvalue weighted by Gasteiger charge is 2.20. The van der Waals surface area contributed by atoms with E-state index in [4.69, 9.17) is 9.47 Å². The number of thiazole rings is 1. The number of nitrogens with zero attached hydrogens (tertiary/aromatic N) is 2. The number of benzene rings is 1. The lowest BCUT2D eigenvalue weighted by atomic mass is 10.1. The number of aromatic nitrogens is 2. The molecule has 2 aromatic heterocycles. The number of aryl methyl sites for hydroxylation is 2. The smallest absolute Gasteiger partial charge is 0.350 e. The van der Waals surface area contributed by atoms with E-state index in [-0.39, 0.29) is 17.3 Å². The van der Waals surface area contributed by atoms with Crippen LogP contribution in [0.5, 0.6) is 5.75 Å². The van der Waals surface area contributed by atoms with Crippen LogP contribution >= 0.6 is 11.3 Å². The summed E-state index contributed by atoms with van der Waals surface area (Å²) in [6.45, 7) is 3.61. The molecule has 0 bridgehead atoms. The molecule has 0 atom stereocenters. The van der Waals surface area contributed by atoms with Crippen LogP contribution in [-0.2, 0) is 11.8 Å². The SMILES string of the molecule is CCOC(=O)c1sc(NC(=O)c2cn(C)c3ccc(OC)cc3c2=O)nc1C. The van der Waals surface area contributed by atoms with Crippen molar-refractivity contribution in [1.82, 2.24) is 9.55 Å². The fourth-order valence-corrected chi connectivity index (χ4v) is 3.62. The predicted molar refractivity (Wildman–Crippen MR) is 107 cm³/mol. The van der Waals surface area contributed by atoms with Gasteiger partial charge in [0.1, 0.15) is 16.2 Å². The van der Waals surface area contributed by atoms with Crippen molar-refractivity contribution in [3.63, 3.8) is 0 Å². The van der Waals surface area contributed by atoms with Crippen molar-refractivity contribution in [2.75, 3.05) is 19.0 Å². The van der Waals surface area contributed by atoms with Gasteiger partial charge in [0.2, 0.25) is 5.43 Å². The summed E-state index contributed by atoms with van der Waals surface area (Å²) in [5.74, 6) is -0.571. The highest BCUT2D eigenvalue weighted by molar-refractivity contribution is 7.17. The number of anilines is 1. The Kier molecular flexibility index (Phi) is 5.46. The number of hydrogen-bond acceptors (Lipinski definition) is 7. The van der Waals surface area contributed by atoms with E-state index in [0.29, 0.717) is 27.2 Å². The molecule has 1 N–H and O–H groups in total. The molecule has 0 aliphatic rings. The quantitative estimate of drug-likeness (QED) is 0.660. The van der Waals surface area contributed by atoms with E-state index in [9.17, 15) is 14.4 Å². The molecule has 0 aliphatic heterocycles. The van der Waals surface area contributed by atoms with Crippen molar-refractivity contribution >= 4 is 39.2 Å². The highest BCUT2D eigenvalue weighted by Crippen LogP contribution is 2.24. The second kappa shape index (κ2) is 7.81. The molecule has 8 nitrogen and oxygen atoms in total. The van der Waals surface area contributed by atoms with Crippen LogP contribution in [0.25, 0.3) is 10.9 Å². The number of ether oxygens (including phenoxy) is 2. The second-order valence-electron chi connectivity index (χ2n) is 5.97. The number of carbonyl (C=O) groups is 2. The topological polar surface area (TPSA) is 99.5 Å². The van der Waals surface area contributed by atoms with Gasteiger partial charge in [-0.2, -0.15) is 0 Å². The molecule has 3 rings (SSSR count). The summed E-state index contributed by atoms with van der Waals surface area (Å²) in [4.78, 5) is 41.9. The Hall–Kier alpha value is -3.20. The zero-order valence-corrected chi connectivity index (χ0v) is 16.7. The number of methoxy groups -OCH3 is 1. The Bertz CT molecular complexity index is 1130. The molecular weight excluding hydrogens is 382 g/mol. The molecule has 1 amide bonds. The maximum atomic E-state index is 12.8. The standard InChI is InChI=1S/C19H19N3O5S/c1-5-27-18(25)16-10(2)20-19(28-16)21-17(24)13-9-22(3)14-7-6-11(26-4)8-12(14)15(13)23/h6-9H,5H2,1-4H3,(H,20,21,24). The minimum atomic E-state index is -0.602. The van der Waals surface area contributed by atoms with Crippen LogP contribution in [0.15, 0.2) is 29.2 Å². The number of amides is 1. The minimum Gasteiger partial charge on any atom is -0.497 e. The molecule has 3 aromatic rings. The fourth-order valence-electron chi connectivity index (χ4n) is 2.76. The maximum Gasteiger partial charge on any atom is 0.350 e. The summed E-state index contributed by atoms with van der Waals surface area (Å²) < 4.78 is 11.8. The average Bonchev–Trinajstić information content (AvgIpc) is 3.04. The summed E-state index contributed by atoms with van der Waals surface area (Å²) in [6.07, 6.45) is 1.47. The summed E-state index contributed by atoms with van der Waals surface area (Å²) in [6, 6.07) is 5.10. The van der Waals surface area contributed by atoms with Gasteiger partial charge in [-0.1, -0.05) is 11.3 Å². The number of carbonyl (C=O) groups excluding carboxylic acids is 2. The first-order valence-corrected chi connectivity index (χ1v) is 9.30. The monoisotopic (exact) mass is 401 g/mol. The summed E-state index contributed by atoms with van der Waals surface area (Å²) in [5, 5.41) is 3.19.